The zero-order chi connectivity index (χ0) is 14.4. The highest BCUT2D eigenvalue weighted by molar-refractivity contribution is 5.32. The first kappa shape index (κ1) is 15.1. The Morgan fingerprint density at radius 1 is 1.30 bits per heavy atom. The second-order valence-corrected chi connectivity index (χ2v) is 5.78. The van der Waals surface area contributed by atoms with E-state index in [-0.39, 0.29) is 0 Å². The summed E-state index contributed by atoms with van der Waals surface area (Å²) in [4.78, 5) is 1.49. The molecule has 1 saturated heterocycles. The molecule has 1 heterocycles. The smallest absolute Gasteiger partial charge is 0.137 e. The van der Waals surface area contributed by atoms with Crippen molar-refractivity contribution < 1.29 is 19.5 Å². The van der Waals surface area contributed by atoms with E-state index in [1.165, 1.54) is 17.7 Å². The van der Waals surface area contributed by atoms with Crippen LogP contribution in [0.3, 0.4) is 0 Å². The SMILES string of the molecule is COc1cccc(OCC(O)C[NH+]2CCC(C)CC2)c1. The van der Waals surface area contributed by atoms with Crippen molar-refractivity contribution in [3.8, 4) is 11.5 Å². The summed E-state index contributed by atoms with van der Waals surface area (Å²) < 4.78 is 10.8. The third kappa shape index (κ3) is 4.69. The zero-order valence-corrected chi connectivity index (χ0v) is 12.5. The first-order valence-corrected chi connectivity index (χ1v) is 7.46. The standard InChI is InChI=1S/C16H25NO3/c1-13-6-8-17(9-7-13)11-14(18)12-20-16-5-3-4-15(10-16)19-2/h3-5,10,13-14,18H,6-9,11-12H2,1-2H3/p+1. The van der Waals surface area contributed by atoms with E-state index in [0.29, 0.717) is 6.61 Å². The van der Waals surface area contributed by atoms with Gasteiger partial charge in [0.2, 0.25) is 0 Å². The third-order valence-electron chi connectivity index (χ3n) is 3.99. The molecule has 112 valence electrons. The van der Waals surface area contributed by atoms with Gasteiger partial charge in [0, 0.05) is 6.07 Å². The molecule has 2 rings (SSSR count). The Morgan fingerprint density at radius 2 is 2.00 bits per heavy atom. The molecule has 0 aromatic heterocycles. The van der Waals surface area contributed by atoms with Gasteiger partial charge in [0.15, 0.2) is 0 Å². The van der Waals surface area contributed by atoms with Crippen molar-refractivity contribution in [2.24, 2.45) is 5.92 Å². The third-order valence-corrected chi connectivity index (χ3v) is 3.99. The number of aliphatic hydroxyl groups excluding tert-OH is 1. The van der Waals surface area contributed by atoms with Gasteiger partial charge in [0.05, 0.1) is 20.2 Å². The Bertz CT molecular complexity index is 402. The lowest BCUT2D eigenvalue weighted by Gasteiger charge is -2.28. The average molecular weight is 280 g/mol. The first-order chi connectivity index (χ1) is 9.67. The van der Waals surface area contributed by atoms with Crippen LogP contribution >= 0.6 is 0 Å². The van der Waals surface area contributed by atoms with E-state index >= 15 is 0 Å². The van der Waals surface area contributed by atoms with Gasteiger partial charge in [-0.3, -0.25) is 0 Å². The van der Waals surface area contributed by atoms with Crippen molar-refractivity contribution in [1.29, 1.82) is 0 Å². The molecule has 1 aliphatic rings. The Labute approximate surface area is 121 Å². The number of hydrogen-bond acceptors (Lipinski definition) is 3. The fourth-order valence-electron chi connectivity index (χ4n) is 2.65. The molecule has 4 heteroatoms. The van der Waals surface area contributed by atoms with Crippen molar-refractivity contribution in [3.63, 3.8) is 0 Å². The molecule has 0 amide bonds. The molecule has 1 atom stereocenters. The molecule has 0 aliphatic carbocycles. The summed E-state index contributed by atoms with van der Waals surface area (Å²) in [5.74, 6) is 2.35. The van der Waals surface area contributed by atoms with E-state index in [2.05, 4.69) is 6.92 Å². The molecule has 20 heavy (non-hydrogen) atoms. The molecule has 0 saturated carbocycles. The van der Waals surface area contributed by atoms with Crippen molar-refractivity contribution in [2.45, 2.75) is 25.9 Å². The fraction of sp³-hybridized carbons (Fsp3) is 0.625. The molecule has 0 spiro atoms. The Hall–Kier alpha value is -1.26. The number of aliphatic hydroxyl groups is 1. The summed E-state index contributed by atoms with van der Waals surface area (Å²) in [6.45, 7) is 5.75. The number of likely N-dealkylation sites (tertiary alicyclic amines) is 1. The second-order valence-electron chi connectivity index (χ2n) is 5.78. The van der Waals surface area contributed by atoms with Gasteiger partial charge in [-0.15, -0.1) is 0 Å². The summed E-state index contributed by atoms with van der Waals surface area (Å²) in [5.41, 5.74) is 0. The predicted octanol–water partition coefficient (Wildman–Crippen LogP) is 0.750. The van der Waals surface area contributed by atoms with Crippen LogP contribution in [-0.2, 0) is 0 Å². The molecular weight excluding hydrogens is 254 g/mol. The van der Waals surface area contributed by atoms with Crippen molar-refractivity contribution in [1.82, 2.24) is 0 Å². The summed E-state index contributed by atoms with van der Waals surface area (Å²) in [6, 6.07) is 7.48. The van der Waals surface area contributed by atoms with Gasteiger partial charge < -0.3 is 19.5 Å². The maximum atomic E-state index is 10.1. The van der Waals surface area contributed by atoms with Gasteiger partial charge in [0.25, 0.3) is 0 Å². The lowest BCUT2D eigenvalue weighted by atomic mass is 9.99. The number of benzene rings is 1. The number of ether oxygens (including phenoxy) is 2. The maximum absolute atomic E-state index is 10.1. The molecule has 1 aromatic rings. The summed E-state index contributed by atoms with van der Waals surface area (Å²) >= 11 is 0. The number of methoxy groups -OCH3 is 1. The van der Waals surface area contributed by atoms with Crippen molar-refractivity contribution >= 4 is 0 Å². The fourth-order valence-corrected chi connectivity index (χ4v) is 2.65. The van der Waals surface area contributed by atoms with E-state index in [1.54, 1.807) is 7.11 Å². The number of nitrogens with one attached hydrogen (secondary N) is 1. The monoisotopic (exact) mass is 280 g/mol. The van der Waals surface area contributed by atoms with E-state index in [4.69, 9.17) is 9.47 Å². The van der Waals surface area contributed by atoms with Gasteiger partial charge in [-0.1, -0.05) is 13.0 Å². The first-order valence-electron chi connectivity index (χ1n) is 7.46. The van der Waals surface area contributed by atoms with Crippen LogP contribution in [0, 0.1) is 5.92 Å². The van der Waals surface area contributed by atoms with Crippen molar-refractivity contribution in [2.75, 3.05) is 33.4 Å². The molecule has 1 unspecified atom stereocenters. The van der Waals surface area contributed by atoms with Crippen LogP contribution in [0.15, 0.2) is 24.3 Å². The Kier molecular flexibility index (Phi) is 5.68. The molecule has 1 fully saturated rings. The van der Waals surface area contributed by atoms with Crippen LogP contribution in [0.2, 0.25) is 0 Å². The Balaban J connectivity index is 1.73. The van der Waals surface area contributed by atoms with E-state index in [0.717, 1.165) is 37.1 Å². The van der Waals surface area contributed by atoms with Crippen LogP contribution in [-0.4, -0.2) is 44.6 Å². The van der Waals surface area contributed by atoms with Crippen LogP contribution in [0.25, 0.3) is 0 Å². The van der Waals surface area contributed by atoms with Gasteiger partial charge in [-0.25, -0.2) is 0 Å². The van der Waals surface area contributed by atoms with Gasteiger partial charge in [-0.2, -0.15) is 0 Å². The van der Waals surface area contributed by atoms with Crippen LogP contribution in [0.1, 0.15) is 19.8 Å². The van der Waals surface area contributed by atoms with E-state index in [9.17, 15) is 5.11 Å². The van der Waals surface area contributed by atoms with E-state index in [1.807, 2.05) is 24.3 Å². The lowest BCUT2D eigenvalue weighted by molar-refractivity contribution is -0.909. The predicted molar refractivity (Wildman–Crippen MR) is 78.5 cm³/mol. The normalized spacial score (nSPS) is 24.1. The maximum Gasteiger partial charge on any atom is 0.137 e. The van der Waals surface area contributed by atoms with Gasteiger partial charge >= 0.3 is 0 Å². The largest absolute Gasteiger partial charge is 0.497 e. The Morgan fingerprint density at radius 3 is 2.70 bits per heavy atom. The number of piperidine rings is 1. The molecule has 4 nitrogen and oxygen atoms in total. The summed E-state index contributed by atoms with van der Waals surface area (Å²) in [7, 11) is 1.63. The topological polar surface area (TPSA) is 43.1 Å². The molecule has 2 N–H and O–H groups in total. The highest BCUT2D eigenvalue weighted by Crippen LogP contribution is 2.18. The minimum atomic E-state index is -0.412. The average Bonchev–Trinajstić information content (AvgIpc) is 2.48. The lowest BCUT2D eigenvalue weighted by Crippen LogP contribution is -3.14. The molecule has 1 aliphatic heterocycles. The summed E-state index contributed by atoms with van der Waals surface area (Å²) in [6.07, 6.45) is 2.11. The van der Waals surface area contributed by atoms with E-state index < -0.39 is 6.10 Å². The molecule has 1 aromatic carbocycles. The number of rotatable bonds is 6. The molecular formula is C16H26NO3+. The molecule has 0 bridgehead atoms. The van der Waals surface area contributed by atoms with Crippen molar-refractivity contribution in [3.05, 3.63) is 24.3 Å². The van der Waals surface area contributed by atoms with Crippen LogP contribution in [0.5, 0.6) is 11.5 Å². The van der Waals surface area contributed by atoms with Gasteiger partial charge in [0.1, 0.15) is 30.8 Å². The highest BCUT2D eigenvalue weighted by atomic mass is 16.5. The number of quaternary nitrogens is 1. The minimum Gasteiger partial charge on any atom is -0.497 e. The number of hydrogen-bond donors (Lipinski definition) is 2. The minimum absolute atomic E-state index is 0.340. The molecule has 0 radical (unpaired) electrons. The quantitative estimate of drug-likeness (QED) is 0.808. The second kappa shape index (κ2) is 7.50. The van der Waals surface area contributed by atoms with Crippen LogP contribution < -0.4 is 14.4 Å². The summed E-state index contributed by atoms with van der Waals surface area (Å²) in [5, 5.41) is 10.1. The zero-order valence-electron chi connectivity index (χ0n) is 12.5. The highest BCUT2D eigenvalue weighted by Gasteiger charge is 2.21. The van der Waals surface area contributed by atoms with Crippen LogP contribution in [0.4, 0.5) is 0 Å². The van der Waals surface area contributed by atoms with Gasteiger partial charge in [-0.05, 0) is 30.9 Å².